The number of nitrogens with zero attached hydrogens (tertiary/aromatic N) is 6. The fourth-order valence-corrected chi connectivity index (χ4v) is 4.86. The summed E-state index contributed by atoms with van der Waals surface area (Å²) in [5.74, 6) is 1.11. The van der Waals surface area contributed by atoms with E-state index in [1.54, 1.807) is 6.20 Å². The molecule has 0 unspecified atom stereocenters. The van der Waals surface area contributed by atoms with E-state index in [1.807, 2.05) is 84.1 Å². The SMILES string of the molecule is CC(=O)OCC(C)(C)Cn1cc(-c2cc3nc(-n4ccc(-c5ccccc5)n4)cc(N4CCOCC4)c3o2)cn1. The zero-order valence-corrected chi connectivity index (χ0v) is 22.9. The van der Waals surface area contributed by atoms with Crippen LogP contribution in [-0.2, 0) is 20.8 Å². The van der Waals surface area contributed by atoms with Gasteiger partial charge in [0, 0.05) is 62.1 Å². The maximum atomic E-state index is 11.3. The molecule has 0 radical (unpaired) electrons. The summed E-state index contributed by atoms with van der Waals surface area (Å²) in [6.45, 7) is 9.24. The number of hydrogen-bond acceptors (Lipinski definition) is 8. The van der Waals surface area contributed by atoms with Gasteiger partial charge in [-0.3, -0.25) is 9.48 Å². The molecule has 1 aliphatic heterocycles. The summed E-state index contributed by atoms with van der Waals surface area (Å²) in [6.07, 6.45) is 5.67. The molecule has 10 heteroatoms. The topological polar surface area (TPSA) is 100 Å². The second-order valence-electron chi connectivity index (χ2n) is 10.8. The standard InChI is InChI=1S/C30H32N6O4/c1-21(37)39-20-30(2,3)19-35-18-23(17-31-35)27-15-25-29(40-27)26(34-11-13-38-14-12-34)16-28(32-25)36-10-9-24(33-36)22-7-5-4-6-8-22/h4-10,15-18H,11-14,19-20H2,1-3H3. The van der Waals surface area contributed by atoms with Crippen LogP contribution in [0.3, 0.4) is 0 Å². The van der Waals surface area contributed by atoms with Crippen molar-refractivity contribution in [1.82, 2.24) is 24.5 Å². The van der Waals surface area contributed by atoms with Crippen LogP contribution in [0.1, 0.15) is 20.8 Å². The number of furan rings is 1. The Bertz CT molecular complexity index is 1630. The molecular weight excluding hydrogens is 508 g/mol. The summed E-state index contributed by atoms with van der Waals surface area (Å²) in [6, 6.07) is 16.1. The first-order chi connectivity index (χ1) is 19.3. The Labute approximate surface area is 232 Å². The van der Waals surface area contributed by atoms with Gasteiger partial charge in [-0.2, -0.15) is 10.2 Å². The van der Waals surface area contributed by atoms with E-state index in [0.717, 1.165) is 46.7 Å². The molecule has 1 saturated heterocycles. The summed E-state index contributed by atoms with van der Waals surface area (Å²) >= 11 is 0. The van der Waals surface area contributed by atoms with E-state index in [4.69, 9.17) is 24.0 Å². The number of esters is 1. The lowest BCUT2D eigenvalue weighted by Crippen LogP contribution is -2.36. The summed E-state index contributed by atoms with van der Waals surface area (Å²) in [5, 5.41) is 9.35. The lowest BCUT2D eigenvalue weighted by molar-refractivity contribution is -0.144. The highest BCUT2D eigenvalue weighted by Crippen LogP contribution is 2.35. The Balaban J connectivity index is 1.34. The number of anilines is 1. The van der Waals surface area contributed by atoms with Gasteiger partial charge in [0.15, 0.2) is 11.4 Å². The Hall–Kier alpha value is -4.44. The second-order valence-corrected chi connectivity index (χ2v) is 10.8. The first kappa shape index (κ1) is 25.8. The minimum absolute atomic E-state index is 0.273. The third-order valence-electron chi connectivity index (χ3n) is 6.87. The van der Waals surface area contributed by atoms with Crippen molar-refractivity contribution in [3.05, 3.63) is 67.1 Å². The Morgan fingerprint density at radius 1 is 1.07 bits per heavy atom. The van der Waals surface area contributed by atoms with Gasteiger partial charge in [-0.1, -0.05) is 44.2 Å². The van der Waals surface area contributed by atoms with Gasteiger partial charge in [0.2, 0.25) is 0 Å². The molecule has 0 bridgehead atoms. The molecule has 0 amide bonds. The van der Waals surface area contributed by atoms with Gasteiger partial charge in [0.1, 0.15) is 11.3 Å². The molecular formula is C30H32N6O4. The van der Waals surface area contributed by atoms with Crippen LogP contribution in [0.5, 0.6) is 0 Å². The van der Waals surface area contributed by atoms with Crippen molar-refractivity contribution in [2.45, 2.75) is 27.3 Å². The third-order valence-corrected chi connectivity index (χ3v) is 6.87. The van der Waals surface area contributed by atoms with Crippen LogP contribution < -0.4 is 4.90 Å². The van der Waals surface area contributed by atoms with E-state index in [0.29, 0.717) is 37.9 Å². The lowest BCUT2D eigenvalue weighted by atomic mass is 9.95. The smallest absolute Gasteiger partial charge is 0.302 e. The molecule has 40 heavy (non-hydrogen) atoms. The van der Waals surface area contributed by atoms with E-state index in [1.165, 1.54) is 6.92 Å². The monoisotopic (exact) mass is 540 g/mol. The predicted octanol–water partition coefficient (Wildman–Crippen LogP) is 4.97. The van der Waals surface area contributed by atoms with Crippen molar-refractivity contribution in [3.63, 3.8) is 0 Å². The van der Waals surface area contributed by atoms with Gasteiger partial charge in [0.25, 0.3) is 0 Å². The average Bonchev–Trinajstić information content (AvgIpc) is 3.72. The first-order valence-electron chi connectivity index (χ1n) is 13.4. The van der Waals surface area contributed by atoms with Crippen LogP contribution in [0.15, 0.2) is 71.5 Å². The zero-order chi connectivity index (χ0) is 27.7. The van der Waals surface area contributed by atoms with Crippen molar-refractivity contribution < 1.29 is 18.7 Å². The molecule has 4 aromatic heterocycles. The zero-order valence-electron chi connectivity index (χ0n) is 22.9. The van der Waals surface area contributed by atoms with E-state index >= 15 is 0 Å². The highest BCUT2D eigenvalue weighted by Gasteiger charge is 2.23. The number of rotatable bonds is 8. The summed E-state index contributed by atoms with van der Waals surface area (Å²) in [7, 11) is 0. The summed E-state index contributed by atoms with van der Waals surface area (Å²) in [4.78, 5) is 18.5. The molecule has 206 valence electrons. The van der Waals surface area contributed by atoms with Crippen LogP contribution >= 0.6 is 0 Å². The van der Waals surface area contributed by atoms with Crippen LogP contribution in [0.25, 0.3) is 39.5 Å². The van der Waals surface area contributed by atoms with Crippen molar-refractivity contribution in [2.75, 3.05) is 37.8 Å². The van der Waals surface area contributed by atoms with Crippen molar-refractivity contribution in [3.8, 4) is 28.4 Å². The minimum Gasteiger partial charge on any atom is -0.465 e. The Morgan fingerprint density at radius 3 is 2.65 bits per heavy atom. The predicted molar refractivity (Wildman–Crippen MR) is 151 cm³/mol. The molecule has 1 fully saturated rings. The number of morpholine rings is 1. The van der Waals surface area contributed by atoms with E-state index in [-0.39, 0.29) is 11.4 Å². The molecule has 5 heterocycles. The summed E-state index contributed by atoms with van der Waals surface area (Å²) < 4.78 is 20.9. The number of pyridine rings is 1. The summed E-state index contributed by atoms with van der Waals surface area (Å²) in [5.41, 5.74) is 4.93. The Kier molecular flexibility index (Phi) is 6.85. The molecule has 0 atom stereocenters. The fourth-order valence-electron chi connectivity index (χ4n) is 4.86. The first-order valence-corrected chi connectivity index (χ1v) is 13.4. The highest BCUT2D eigenvalue weighted by atomic mass is 16.5. The Morgan fingerprint density at radius 2 is 1.88 bits per heavy atom. The molecule has 0 aliphatic carbocycles. The minimum atomic E-state index is -0.286. The molecule has 1 aliphatic rings. The van der Waals surface area contributed by atoms with Crippen LogP contribution in [-0.4, -0.2) is 63.4 Å². The maximum absolute atomic E-state index is 11.3. The van der Waals surface area contributed by atoms with Crippen LogP contribution in [0.2, 0.25) is 0 Å². The molecule has 0 N–H and O–H groups in total. The van der Waals surface area contributed by atoms with Gasteiger partial charge >= 0.3 is 5.97 Å². The number of ether oxygens (including phenoxy) is 2. The van der Waals surface area contributed by atoms with Crippen LogP contribution in [0, 0.1) is 5.41 Å². The largest absolute Gasteiger partial charge is 0.465 e. The quantitative estimate of drug-likeness (QED) is 0.254. The van der Waals surface area contributed by atoms with E-state index < -0.39 is 0 Å². The van der Waals surface area contributed by atoms with Crippen molar-refractivity contribution in [2.24, 2.45) is 5.41 Å². The number of aromatic nitrogens is 5. The van der Waals surface area contributed by atoms with Crippen molar-refractivity contribution in [1.29, 1.82) is 0 Å². The van der Waals surface area contributed by atoms with Crippen LogP contribution in [0.4, 0.5) is 5.69 Å². The number of benzene rings is 1. The number of carbonyl (C=O) groups excluding carboxylic acids is 1. The van der Waals surface area contributed by atoms with Gasteiger partial charge in [-0.25, -0.2) is 9.67 Å². The molecule has 1 aromatic carbocycles. The van der Waals surface area contributed by atoms with E-state index in [9.17, 15) is 4.79 Å². The third kappa shape index (κ3) is 5.48. The molecule has 5 aromatic rings. The normalized spacial score (nSPS) is 14.1. The number of hydrogen-bond donors (Lipinski definition) is 0. The van der Waals surface area contributed by atoms with Gasteiger partial charge in [-0.15, -0.1) is 0 Å². The van der Waals surface area contributed by atoms with Gasteiger partial charge in [-0.05, 0) is 6.07 Å². The number of carbonyl (C=O) groups is 1. The van der Waals surface area contributed by atoms with Crippen molar-refractivity contribution >= 4 is 22.8 Å². The average molecular weight is 541 g/mol. The highest BCUT2D eigenvalue weighted by molar-refractivity contribution is 5.91. The van der Waals surface area contributed by atoms with E-state index in [2.05, 4.69) is 10.00 Å². The molecule has 0 saturated carbocycles. The number of fused-ring (bicyclic) bond motifs is 1. The van der Waals surface area contributed by atoms with Gasteiger partial charge in [0.05, 0.1) is 43.0 Å². The molecule has 10 nitrogen and oxygen atoms in total. The maximum Gasteiger partial charge on any atom is 0.302 e. The van der Waals surface area contributed by atoms with Gasteiger partial charge < -0.3 is 18.8 Å². The molecule has 6 rings (SSSR count). The molecule has 0 spiro atoms. The lowest BCUT2D eigenvalue weighted by Gasteiger charge is -2.28. The second kappa shape index (κ2) is 10.6. The fraction of sp³-hybridized carbons (Fsp3) is 0.333.